The summed E-state index contributed by atoms with van der Waals surface area (Å²) in [5.74, 6) is 0.931. The van der Waals surface area contributed by atoms with Crippen LogP contribution in [0.25, 0.3) is 0 Å². The number of nitrogens with zero attached hydrogens (tertiary/aromatic N) is 3. The number of piperazine rings is 1. The van der Waals surface area contributed by atoms with Gasteiger partial charge in [-0.05, 0) is 263 Å². The molecule has 18 rings (SSSR count). The van der Waals surface area contributed by atoms with Crippen LogP contribution in [0.1, 0.15) is 251 Å². The van der Waals surface area contributed by atoms with Crippen LogP contribution in [0.5, 0.6) is 11.5 Å². The number of amides is 1. The van der Waals surface area contributed by atoms with E-state index in [0.717, 1.165) is 152 Å². The number of aliphatic hydroxyl groups is 4. The summed E-state index contributed by atoms with van der Waals surface area (Å²) in [5.41, 5.74) is -4.55. The molecule has 0 unspecified atom stereocenters. The highest BCUT2D eigenvalue weighted by Crippen LogP contribution is 2.75. The van der Waals surface area contributed by atoms with Crippen molar-refractivity contribution in [2.24, 2.45) is 85.8 Å². The predicted molar refractivity (Wildman–Crippen MR) is 465 cm³/mol. The maximum absolute atomic E-state index is 12.8. The number of nitro benzene ring substituents is 2. The molecule has 0 bridgehead atoms. The van der Waals surface area contributed by atoms with Gasteiger partial charge in [0, 0.05) is 154 Å². The number of benzene rings is 2. The van der Waals surface area contributed by atoms with Gasteiger partial charge in [-0.3, -0.25) is 34.6 Å². The minimum Gasteiger partial charge on any atom is -0.462 e. The number of esters is 3. The Kier molecular flexibility index (Phi) is 26.8. The Hall–Kier alpha value is -9.40. The number of carbonyl (C=O) groups excluding carboxylic acids is 6. The zero-order valence-corrected chi connectivity index (χ0v) is 75.7. The fourth-order valence-corrected chi connectivity index (χ4v) is 29.0. The van der Waals surface area contributed by atoms with Gasteiger partial charge < -0.3 is 77.1 Å². The summed E-state index contributed by atoms with van der Waals surface area (Å²) >= 11 is 4.92. The number of carbonyl (C=O) groups is 6. The smallest absolute Gasteiger partial charge is 0.462 e. The first-order valence-corrected chi connectivity index (χ1v) is 46.5. The number of nitrogens with one attached hydrogen (secondary N) is 1. The quantitative estimate of drug-likeness (QED) is 0.0193. The summed E-state index contributed by atoms with van der Waals surface area (Å²) < 4.78 is 54.6. The molecule has 32 heteroatoms. The molecule has 1 amide bonds. The van der Waals surface area contributed by atoms with Gasteiger partial charge in [-0.2, -0.15) is 0 Å². The number of aliphatic hydroxyl groups excluding tert-OH is 1. The zero-order valence-electron chi connectivity index (χ0n) is 74.9. The first-order valence-electron chi connectivity index (χ1n) is 46.1. The summed E-state index contributed by atoms with van der Waals surface area (Å²) in [6, 6.07) is 19.7. The molecule has 129 heavy (non-hydrogen) atoms. The second-order valence-electron chi connectivity index (χ2n) is 40.9. The molecule has 5 aromatic rings. The van der Waals surface area contributed by atoms with Gasteiger partial charge in [-0.15, -0.1) is 0 Å². The van der Waals surface area contributed by atoms with E-state index >= 15 is 0 Å². The Balaban J connectivity index is 0.000000140. The van der Waals surface area contributed by atoms with Crippen molar-refractivity contribution < 1.29 is 105 Å². The summed E-state index contributed by atoms with van der Waals surface area (Å²) in [6.07, 6.45) is 21.0. The van der Waals surface area contributed by atoms with Crippen molar-refractivity contribution in [2.45, 2.75) is 288 Å². The predicted octanol–water partition coefficient (Wildman–Crippen LogP) is 15.9. The number of nitro groups is 2. The average Bonchev–Trinajstić information content (AvgIpc) is 1.56. The van der Waals surface area contributed by atoms with E-state index in [1.165, 1.54) is 106 Å². The minimum absolute atomic E-state index is 0.00542. The summed E-state index contributed by atoms with van der Waals surface area (Å²) in [7, 11) is 0. The average molecular weight is 1810 g/mol. The highest BCUT2D eigenvalue weighted by molar-refractivity contribution is 6.61. The molecule has 4 heterocycles. The molecule has 700 valence electrons. The van der Waals surface area contributed by atoms with Crippen LogP contribution in [0.4, 0.5) is 25.8 Å². The van der Waals surface area contributed by atoms with Gasteiger partial charge in [0.25, 0.3) is 11.4 Å². The number of fused-ring (bicyclic) bond motifs is 15. The Morgan fingerprint density at radius 3 is 1.11 bits per heavy atom. The Morgan fingerprint density at radius 1 is 0.434 bits per heavy atom. The maximum atomic E-state index is 12.8. The third-order valence-corrected chi connectivity index (χ3v) is 35.1. The van der Waals surface area contributed by atoms with Crippen molar-refractivity contribution in [3.8, 4) is 11.5 Å². The fraction of sp³-hybridized carbons (Fsp3) is 0.660. The molecular weight excluding hydrogens is 1690 g/mol. The summed E-state index contributed by atoms with van der Waals surface area (Å²) in [4.78, 5) is 129. The third kappa shape index (κ3) is 17.7. The van der Waals surface area contributed by atoms with Crippen LogP contribution in [0.2, 0.25) is 0 Å². The second kappa shape index (κ2) is 36.6. The molecule has 5 N–H and O–H groups in total. The standard InChI is InChI=1S/C33H39NO10.C31H44N2O7.C26H36O6.C7H4ClNO4/c1-19(35)42-27-17-33(38)26-10-5-21-16-24(44-30(37)43-23-8-6-22(7-9-23)34(39)40)12-14-31(21,2)25(26)13-15-32(33,3)29(27)20-4-11-28(36)41-18-20;1-19(34)39-25-17-31(37)24-6-5-21-16-22(40-28(36)33-14-12-32-13-15-33)8-10-29(21,2)23(24)9-11-30(31,3)27(25)20-4-7-26(35)38-18-20;1-15(27)32-21-13-26(30)20-6-5-17-12-18(28)8-10-24(17,2)19(20)9-11-25(26,3)23(21)16-4-7-22(29)31-14-16;8-7(10)13-6-3-1-5(2-4-6)9(11)12/h4,6-9,11,18,21,24-27,29,38H,5,10,12-17H2,1-3H3;4,7,18,21-25,27,32,37H,5-6,8-17H2,1-3H3;4,7,14,17-21,23,28,30H,5-6,8-13H2,1-3H3;1-4H/t21-,24+,25+,26-,27+,29+,31+,32-,33+;21-,22+,23+,24-,25+,27+,29+,30-,31+;17-,18+,19+,20-,21+,23+,24+,25-,26+;/m111./s1. The maximum Gasteiger partial charge on any atom is 0.514 e. The van der Waals surface area contributed by atoms with Crippen LogP contribution >= 0.6 is 11.6 Å². The molecule has 1 aliphatic heterocycles. The topological polar surface area (TPSA) is 440 Å². The number of halogens is 1. The third-order valence-electron chi connectivity index (χ3n) is 35.0. The highest BCUT2D eigenvalue weighted by atomic mass is 35.5. The monoisotopic (exact) mass is 1810 g/mol. The first kappa shape index (κ1) is 94.3. The van der Waals surface area contributed by atoms with Crippen LogP contribution in [-0.2, 0) is 38.1 Å². The van der Waals surface area contributed by atoms with Crippen LogP contribution in [0.15, 0.2) is 131 Å². The first-order chi connectivity index (χ1) is 61.1. The van der Waals surface area contributed by atoms with Crippen molar-refractivity contribution >= 4 is 58.6 Å². The van der Waals surface area contributed by atoms with Crippen LogP contribution in [0, 0.1) is 106 Å². The fourth-order valence-electron chi connectivity index (χ4n) is 28.9. The van der Waals surface area contributed by atoms with E-state index in [1.807, 2.05) is 4.90 Å². The molecule has 1 saturated heterocycles. The van der Waals surface area contributed by atoms with Gasteiger partial charge in [0.2, 0.25) is 0 Å². The van der Waals surface area contributed by atoms with E-state index in [-0.39, 0.29) is 117 Å². The molecule has 0 radical (unpaired) electrons. The Labute approximate surface area is 753 Å². The second-order valence-corrected chi connectivity index (χ2v) is 41.2. The van der Waals surface area contributed by atoms with E-state index in [0.29, 0.717) is 74.8 Å². The van der Waals surface area contributed by atoms with Crippen molar-refractivity contribution in [3.05, 3.63) is 172 Å². The van der Waals surface area contributed by atoms with Crippen molar-refractivity contribution in [1.29, 1.82) is 0 Å². The molecule has 3 aromatic heterocycles. The summed E-state index contributed by atoms with van der Waals surface area (Å²) in [6.45, 7) is 20.7. The number of hydrogen-bond donors (Lipinski definition) is 5. The number of non-ortho nitro benzene ring substituents is 2. The van der Waals surface area contributed by atoms with E-state index in [1.54, 1.807) is 18.2 Å². The molecule has 27 atom stereocenters. The van der Waals surface area contributed by atoms with Crippen molar-refractivity contribution in [2.75, 3.05) is 26.2 Å². The minimum atomic E-state index is -1.08. The lowest BCUT2D eigenvalue weighted by Gasteiger charge is -2.63. The van der Waals surface area contributed by atoms with Crippen LogP contribution in [-0.4, -0.2) is 150 Å². The van der Waals surface area contributed by atoms with E-state index in [9.17, 15) is 83.8 Å². The molecule has 12 aliphatic carbocycles. The Bertz CT molecular complexity index is 5130. The molecule has 13 fully saturated rings. The molecular formula is C97H123ClN4O27. The number of rotatable bonds is 12. The van der Waals surface area contributed by atoms with Crippen molar-refractivity contribution in [1.82, 2.24) is 10.2 Å². The normalized spacial score (nSPS) is 38.9. The molecule has 13 aliphatic rings. The number of ether oxygens (including phenoxy) is 7. The van der Waals surface area contributed by atoms with E-state index in [2.05, 4.69) is 51.6 Å². The summed E-state index contributed by atoms with van der Waals surface area (Å²) in [5, 5.41) is 72.5. The SMILES string of the molecule is CC(=O)O[C@H]1C[C@]2(O)[C@@H]3CC[C@@H]4C[C@@H](O)CC[C@]4(C)[C@H]3CC[C@]2(C)[C@H]1c1ccc(=O)oc1.CC(=O)O[C@H]1C[C@]2(O)[C@@H]3CC[C@@H]4C[C@@H](OC(=O)N5CCNCC5)CC[C@]4(C)[C@H]3CC[C@]2(C)[C@H]1c1ccc(=O)oc1.CC(=O)O[C@H]1C[C@]2(O)[C@@H]3CC[C@@H]4C[C@@H](OC(=O)Oc5ccc([N+](=O)[O-])cc5)CC[C@]4(C)[C@H]3CC[C@]2(C)[C@H]1c1ccc(=O)oc1.O=C(Cl)Oc1ccc([N+](=O)[O-])cc1. The van der Waals surface area contributed by atoms with Gasteiger partial charge in [0.15, 0.2) is 0 Å². The van der Waals surface area contributed by atoms with Gasteiger partial charge in [0.1, 0.15) is 42.0 Å². The van der Waals surface area contributed by atoms with Gasteiger partial charge in [0.05, 0.1) is 51.5 Å². The molecule has 0 spiro atoms. The van der Waals surface area contributed by atoms with E-state index in [4.69, 9.17) is 53.3 Å². The lowest BCUT2D eigenvalue weighted by Crippen LogP contribution is -2.62. The van der Waals surface area contributed by atoms with Gasteiger partial charge >= 0.3 is 52.5 Å². The van der Waals surface area contributed by atoms with Crippen LogP contribution in [0.3, 0.4) is 0 Å². The van der Waals surface area contributed by atoms with Gasteiger partial charge in [-0.1, -0.05) is 41.5 Å². The highest BCUT2D eigenvalue weighted by Gasteiger charge is 2.75. The lowest BCUT2D eigenvalue weighted by atomic mass is 9.43. The molecule has 31 nitrogen and oxygen atoms in total. The molecule has 2 aromatic carbocycles. The Morgan fingerprint density at radius 2 is 0.775 bits per heavy atom. The van der Waals surface area contributed by atoms with Gasteiger partial charge in [-0.25, -0.2) is 28.8 Å². The van der Waals surface area contributed by atoms with Crippen molar-refractivity contribution in [3.63, 3.8) is 0 Å². The van der Waals surface area contributed by atoms with Crippen LogP contribution < -0.4 is 31.7 Å². The van der Waals surface area contributed by atoms with E-state index < -0.39 is 95.6 Å². The molecule has 12 saturated carbocycles. The largest absolute Gasteiger partial charge is 0.514 e. The number of hydrogen-bond acceptors (Lipinski definition) is 28. The zero-order chi connectivity index (χ0) is 92.5. The lowest BCUT2D eigenvalue weighted by molar-refractivity contribution is -0.385.